The van der Waals surface area contributed by atoms with Crippen LogP contribution in [0.25, 0.3) is 11.3 Å². The fourth-order valence-electron chi connectivity index (χ4n) is 4.67. The van der Waals surface area contributed by atoms with E-state index in [1.165, 1.54) is 75.4 Å². The quantitative estimate of drug-likeness (QED) is 0.173. The summed E-state index contributed by atoms with van der Waals surface area (Å²) in [5, 5.41) is 8.93. The summed E-state index contributed by atoms with van der Waals surface area (Å²) in [6, 6.07) is 16.7. The molecule has 1 aromatic carbocycles. The van der Waals surface area contributed by atoms with Crippen molar-refractivity contribution in [2.24, 2.45) is 0 Å². The maximum absolute atomic E-state index is 8.93. The van der Waals surface area contributed by atoms with Gasteiger partial charge in [0.25, 0.3) is 0 Å². The van der Waals surface area contributed by atoms with E-state index in [-0.39, 0.29) is 0 Å². The van der Waals surface area contributed by atoms with Gasteiger partial charge >= 0.3 is 0 Å². The summed E-state index contributed by atoms with van der Waals surface area (Å²) in [7, 11) is -2.95. The molecule has 0 radical (unpaired) electrons. The molecule has 0 saturated carbocycles. The Morgan fingerprint density at radius 3 is 1.91 bits per heavy atom. The van der Waals surface area contributed by atoms with Gasteiger partial charge in [-0.2, -0.15) is 5.26 Å². The van der Waals surface area contributed by atoms with Crippen LogP contribution < -0.4 is 0 Å². The monoisotopic (exact) mass is 494 g/mol. The molecule has 1 aromatic heterocycles. The third-order valence-corrected chi connectivity index (χ3v) is 14.1. The van der Waals surface area contributed by atoms with Crippen LogP contribution in [0.1, 0.15) is 75.8 Å². The highest BCUT2D eigenvalue weighted by Crippen LogP contribution is 2.25. The van der Waals surface area contributed by atoms with Crippen molar-refractivity contribution in [3.05, 3.63) is 53.7 Å². The second kappa shape index (κ2) is 14.6. The molecule has 0 fully saturated rings. The zero-order valence-electron chi connectivity index (χ0n) is 22.3. The van der Waals surface area contributed by atoms with E-state index in [2.05, 4.69) is 56.3 Å². The van der Waals surface area contributed by atoms with E-state index in [0.717, 1.165) is 17.7 Å². The Hall–Kier alpha value is -1.75. The molecule has 0 spiro atoms. The van der Waals surface area contributed by atoms with Gasteiger partial charge in [0.2, 0.25) is 0 Å². The normalized spacial score (nSPS) is 12.0. The number of nitrogens with zero attached hydrogens (tertiary/aromatic N) is 2. The lowest BCUT2D eigenvalue weighted by Gasteiger charge is -2.34. The Balaban J connectivity index is 1.55. The van der Waals surface area contributed by atoms with Gasteiger partial charge in [-0.3, -0.25) is 4.98 Å². The molecule has 0 amide bonds. The summed E-state index contributed by atoms with van der Waals surface area (Å²) < 4.78 is 6.73. The zero-order valence-corrected chi connectivity index (χ0v) is 24.3. The van der Waals surface area contributed by atoms with Crippen molar-refractivity contribution in [3.8, 4) is 17.3 Å². The molecule has 0 aliphatic heterocycles. The van der Waals surface area contributed by atoms with Gasteiger partial charge in [0, 0.05) is 11.8 Å². The van der Waals surface area contributed by atoms with Gasteiger partial charge in [0.15, 0.2) is 16.6 Å². The molecule has 2 aromatic rings. The summed E-state index contributed by atoms with van der Waals surface area (Å²) in [6.45, 7) is 12.0. The van der Waals surface area contributed by atoms with Gasteiger partial charge in [-0.05, 0) is 74.9 Å². The average Bonchev–Trinajstić information content (AvgIpc) is 2.81. The molecule has 2 rings (SSSR count). The van der Waals surface area contributed by atoms with E-state index in [4.69, 9.17) is 9.38 Å². The van der Waals surface area contributed by atoms with Crippen molar-refractivity contribution in [3.63, 3.8) is 0 Å². The lowest BCUT2D eigenvalue weighted by molar-refractivity contribution is 0.522. The van der Waals surface area contributed by atoms with Crippen LogP contribution in [0.2, 0.25) is 38.3 Å². The summed E-state index contributed by atoms with van der Waals surface area (Å²) in [5.74, 6) is 0. The molecule has 0 unspecified atom stereocenters. The third kappa shape index (κ3) is 11.1. The largest absolute Gasteiger partial charge is 0.455 e. The van der Waals surface area contributed by atoms with Crippen molar-refractivity contribution in [2.45, 2.75) is 109 Å². The minimum Gasteiger partial charge on any atom is -0.455 e. The lowest BCUT2D eigenvalue weighted by atomic mass is 10.0. The smallest absolute Gasteiger partial charge is 0.173 e. The Bertz CT molecular complexity index is 870. The molecule has 0 aliphatic carbocycles. The molecular weight excluding hydrogens is 449 g/mol. The second-order valence-electron chi connectivity index (χ2n) is 10.9. The van der Waals surface area contributed by atoms with Crippen LogP contribution in [0.5, 0.6) is 0 Å². The Labute approximate surface area is 211 Å². The first kappa shape index (κ1) is 28.5. The molecule has 0 aliphatic rings. The molecule has 1 heterocycles. The first-order valence-electron chi connectivity index (χ1n) is 13.4. The first-order valence-corrected chi connectivity index (χ1v) is 19.6. The van der Waals surface area contributed by atoms with Crippen LogP contribution in [0.4, 0.5) is 0 Å². The van der Waals surface area contributed by atoms with Crippen molar-refractivity contribution in [2.75, 3.05) is 0 Å². The topological polar surface area (TPSA) is 45.9 Å². The first-order chi connectivity index (χ1) is 16.2. The average molecular weight is 495 g/mol. The molecule has 34 heavy (non-hydrogen) atoms. The lowest BCUT2D eigenvalue weighted by Crippen LogP contribution is -2.44. The summed E-state index contributed by atoms with van der Waals surface area (Å²) in [4.78, 5) is 4.62. The van der Waals surface area contributed by atoms with Gasteiger partial charge in [-0.1, -0.05) is 76.5 Å². The highest BCUT2D eigenvalue weighted by Gasteiger charge is 2.31. The zero-order chi connectivity index (χ0) is 24.9. The van der Waals surface area contributed by atoms with E-state index in [1.807, 2.05) is 30.5 Å². The van der Waals surface area contributed by atoms with Crippen LogP contribution in [-0.2, 0) is 10.5 Å². The minimum absolute atomic E-state index is 0.684. The van der Waals surface area contributed by atoms with Crippen LogP contribution in [0.15, 0.2) is 42.6 Å². The van der Waals surface area contributed by atoms with Crippen LogP contribution in [0, 0.1) is 11.3 Å². The Morgan fingerprint density at radius 2 is 1.35 bits per heavy atom. The molecular formula is C29H46N2OSi2. The van der Waals surface area contributed by atoms with E-state index < -0.39 is 16.6 Å². The van der Waals surface area contributed by atoms with Crippen molar-refractivity contribution in [1.29, 1.82) is 5.26 Å². The molecule has 5 heteroatoms. The maximum Gasteiger partial charge on any atom is 0.173 e. The molecule has 3 nitrogen and oxygen atoms in total. The van der Waals surface area contributed by atoms with E-state index in [1.54, 1.807) is 0 Å². The van der Waals surface area contributed by atoms with Crippen LogP contribution in [-0.4, -0.2) is 21.6 Å². The van der Waals surface area contributed by atoms with Gasteiger partial charge < -0.3 is 4.12 Å². The number of hydrogen-bond acceptors (Lipinski definition) is 3. The summed E-state index contributed by atoms with van der Waals surface area (Å²) in [6.07, 6.45) is 15.0. The molecule has 0 saturated heterocycles. The molecule has 0 atom stereocenters. The number of nitriles is 1. The van der Waals surface area contributed by atoms with Gasteiger partial charge in [0.05, 0.1) is 17.3 Å². The number of aromatic nitrogens is 1. The van der Waals surface area contributed by atoms with E-state index in [9.17, 15) is 0 Å². The highest BCUT2D eigenvalue weighted by atomic mass is 28.4. The second-order valence-corrected chi connectivity index (χ2v) is 19.8. The number of rotatable bonds is 16. The SMILES string of the molecule is CCCC[Si](C)(C)O[Si](C)(C)CCCCCCCCCc1ccc(-c2ccc(C#N)cc2)nc1. The number of pyridine rings is 1. The Morgan fingerprint density at radius 1 is 0.765 bits per heavy atom. The number of unbranched alkanes of at least 4 members (excludes halogenated alkanes) is 7. The van der Waals surface area contributed by atoms with E-state index in [0.29, 0.717) is 5.56 Å². The predicted octanol–water partition coefficient (Wildman–Crippen LogP) is 9.12. The fourth-order valence-corrected chi connectivity index (χ4v) is 13.8. The number of hydrogen-bond donors (Lipinski definition) is 0. The van der Waals surface area contributed by atoms with Crippen molar-refractivity contribution >= 4 is 16.6 Å². The molecule has 0 N–H and O–H groups in total. The number of aryl methyl sites for hydroxylation is 1. The third-order valence-electron chi connectivity index (χ3n) is 6.56. The highest BCUT2D eigenvalue weighted by molar-refractivity contribution is 6.84. The van der Waals surface area contributed by atoms with Crippen LogP contribution >= 0.6 is 0 Å². The molecule has 0 bridgehead atoms. The summed E-state index contributed by atoms with van der Waals surface area (Å²) in [5.41, 5.74) is 4.03. The predicted molar refractivity (Wildman–Crippen MR) is 151 cm³/mol. The number of benzene rings is 1. The van der Waals surface area contributed by atoms with Crippen molar-refractivity contribution < 1.29 is 4.12 Å². The van der Waals surface area contributed by atoms with Gasteiger partial charge in [-0.15, -0.1) is 0 Å². The summed E-state index contributed by atoms with van der Waals surface area (Å²) >= 11 is 0. The minimum atomic E-state index is -1.49. The van der Waals surface area contributed by atoms with Gasteiger partial charge in [0.1, 0.15) is 0 Å². The van der Waals surface area contributed by atoms with E-state index >= 15 is 0 Å². The standard InChI is InChI=1S/C29H46N2OSi2/c1-6-7-22-33(2,3)32-34(4,5)23-14-12-10-8-9-11-13-15-27-18-21-29(31-25-27)28-19-16-26(24-30)17-20-28/h16-21,25H,6-15,22-23H2,1-5H3. The molecule has 186 valence electrons. The van der Waals surface area contributed by atoms with Gasteiger partial charge in [-0.25, -0.2) is 0 Å². The fraction of sp³-hybridized carbons (Fsp3) is 0.586. The van der Waals surface area contributed by atoms with Crippen LogP contribution in [0.3, 0.4) is 0 Å². The van der Waals surface area contributed by atoms with Crippen molar-refractivity contribution in [1.82, 2.24) is 4.98 Å². The Kier molecular flexibility index (Phi) is 12.2. The maximum atomic E-state index is 8.93.